The third-order valence-electron chi connectivity index (χ3n) is 1.97. The molecule has 3 nitrogen and oxygen atoms in total. The Morgan fingerprint density at radius 1 is 1.64 bits per heavy atom. The molecule has 0 bridgehead atoms. The van der Waals surface area contributed by atoms with Gasteiger partial charge in [-0.1, -0.05) is 6.92 Å². The lowest BCUT2D eigenvalue weighted by molar-refractivity contribution is 0.165. The molecule has 14 heavy (non-hydrogen) atoms. The van der Waals surface area contributed by atoms with E-state index in [0.717, 1.165) is 23.7 Å². The summed E-state index contributed by atoms with van der Waals surface area (Å²) in [7, 11) is 1.72. The number of hydrogen-bond donors (Lipinski definition) is 1. The summed E-state index contributed by atoms with van der Waals surface area (Å²) in [6, 6.07) is 0.241. The van der Waals surface area contributed by atoms with E-state index in [0.29, 0.717) is 6.61 Å². The number of aryl methyl sites for hydroxylation is 1. The summed E-state index contributed by atoms with van der Waals surface area (Å²) in [6.45, 7) is 5.87. The standard InChI is InChI=1S/C10H18N2OS/c1-4-5-11-9(6-13-3)10-7-14-8(2)12-10/h7,9,11H,4-6H2,1-3H3. The van der Waals surface area contributed by atoms with Crippen molar-refractivity contribution in [1.29, 1.82) is 0 Å². The molecule has 1 atom stereocenters. The zero-order valence-electron chi connectivity index (χ0n) is 9.04. The van der Waals surface area contributed by atoms with Crippen molar-refractivity contribution in [3.63, 3.8) is 0 Å². The maximum atomic E-state index is 5.17. The van der Waals surface area contributed by atoms with Crippen LogP contribution < -0.4 is 5.32 Å². The van der Waals surface area contributed by atoms with Gasteiger partial charge in [-0.2, -0.15) is 0 Å². The molecule has 0 aliphatic heterocycles. The lowest BCUT2D eigenvalue weighted by Crippen LogP contribution is -2.26. The molecular weight excluding hydrogens is 196 g/mol. The Morgan fingerprint density at radius 3 is 2.93 bits per heavy atom. The van der Waals surface area contributed by atoms with Crippen molar-refractivity contribution in [2.45, 2.75) is 26.3 Å². The highest BCUT2D eigenvalue weighted by Gasteiger charge is 2.12. The zero-order valence-corrected chi connectivity index (χ0v) is 9.86. The first-order valence-corrected chi connectivity index (χ1v) is 5.80. The highest BCUT2D eigenvalue weighted by molar-refractivity contribution is 7.09. The number of rotatable bonds is 6. The van der Waals surface area contributed by atoms with Gasteiger partial charge in [0.25, 0.3) is 0 Å². The number of aromatic nitrogens is 1. The van der Waals surface area contributed by atoms with Crippen molar-refractivity contribution in [1.82, 2.24) is 10.3 Å². The predicted octanol–water partition coefficient (Wildman–Crippen LogP) is 2.14. The fourth-order valence-corrected chi connectivity index (χ4v) is 1.94. The molecule has 1 rings (SSSR count). The van der Waals surface area contributed by atoms with Crippen LogP contribution in [0.4, 0.5) is 0 Å². The van der Waals surface area contributed by atoms with Crippen LogP contribution in [0.25, 0.3) is 0 Å². The third kappa shape index (κ3) is 3.36. The van der Waals surface area contributed by atoms with Crippen LogP contribution in [0, 0.1) is 6.92 Å². The van der Waals surface area contributed by atoms with Crippen LogP contribution in [0.15, 0.2) is 5.38 Å². The predicted molar refractivity (Wildman–Crippen MR) is 59.8 cm³/mol. The first-order chi connectivity index (χ1) is 6.77. The molecule has 1 heterocycles. The van der Waals surface area contributed by atoms with Crippen molar-refractivity contribution < 1.29 is 4.74 Å². The lowest BCUT2D eigenvalue weighted by Gasteiger charge is -2.14. The van der Waals surface area contributed by atoms with Crippen molar-refractivity contribution in [3.05, 3.63) is 16.1 Å². The number of hydrogen-bond acceptors (Lipinski definition) is 4. The van der Waals surface area contributed by atoms with Crippen LogP contribution in [-0.2, 0) is 4.74 Å². The van der Waals surface area contributed by atoms with Gasteiger partial charge in [-0.3, -0.25) is 0 Å². The molecule has 0 aliphatic carbocycles. The monoisotopic (exact) mass is 214 g/mol. The summed E-state index contributed by atoms with van der Waals surface area (Å²) < 4.78 is 5.17. The molecule has 1 aromatic rings. The Morgan fingerprint density at radius 2 is 2.43 bits per heavy atom. The number of methoxy groups -OCH3 is 1. The number of nitrogens with zero attached hydrogens (tertiary/aromatic N) is 1. The molecule has 0 amide bonds. The molecule has 0 radical (unpaired) electrons. The molecule has 0 aromatic carbocycles. The van der Waals surface area contributed by atoms with Crippen molar-refractivity contribution in [2.75, 3.05) is 20.3 Å². The largest absolute Gasteiger partial charge is 0.383 e. The van der Waals surface area contributed by atoms with Gasteiger partial charge in [-0.15, -0.1) is 11.3 Å². The van der Waals surface area contributed by atoms with Crippen LogP contribution in [0.1, 0.15) is 30.1 Å². The van der Waals surface area contributed by atoms with Gasteiger partial charge in [0.2, 0.25) is 0 Å². The average Bonchev–Trinajstić information content (AvgIpc) is 2.59. The summed E-state index contributed by atoms with van der Waals surface area (Å²) in [5.74, 6) is 0. The molecule has 1 aromatic heterocycles. The fourth-order valence-electron chi connectivity index (χ4n) is 1.27. The second-order valence-corrected chi connectivity index (χ2v) is 4.32. The van der Waals surface area contributed by atoms with Crippen LogP contribution >= 0.6 is 11.3 Å². The van der Waals surface area contributed by atoms with Gasteiger partial charge in [0.1, 0.15) is 0 Å². The molecule has 0 spiro atoms. The lowest BCUT2D eigenvalue weighted by atomic mass is 10.2. The Kier molecular flexibility index (Phi) is 5.07. The molecule has 1 unspecified atom stereocenters. The number of thiazole rings is 1. The molecule has 0 saturated heterocycles. The second kappa shape index (κ2) is 6.11. The van der Waals surface area contributed by atoms with E-state index in [9.17, 15) is 0 Å². The maximum absolute atomic E-state index is 5.17. The molecule has 4 heteroatoms. The van der Waals surface area contributed by atoms with Crippen LogP contribution in [0.5, 0.6) is 0 Å². The smallest absolute Gasteiger partial charge is 0.0898 e. The summed E-state index contributed by atoms with van der Waals surface area (Å²) in [4.78, 5) is 4.46. The van der Waals surface area contributed by atoms with Gasteiger partial charge in [0, 0.05) is 12.5 Å². The minimum atomic E-state index is 0.241. The van der Waals surface area contributed by atoms with Crippen LogP contribution in [0.2, 0.25) is 0 Å². The highest BCUT2D eigenvalue weighted by Crippen LogP contribution is 2.16. The molecule has 0 fully saturated rings. The molecule has 0 saturated carbocycles. The molecular formula is C10H18N2OS. The fraction of sp³-hybridized carbons (Fsp3) is 0.700. The summed E-state index contributed by atoms with van der Waals surface area (Å²) in [5.41, 5.74) is 1.10. The summed E-state index contributed by atoms with van der Waals surface area (Å²) in [5, 5.41) is 6.63. The summed E-state index contributed by atoms with van der Waals surface area (Å²) in [6.07, 6.45) is 1.13. The van der Waals surface area contributed by atoms with Gasteiger partial charge in [0.05, 0.1) is 23.4 Å². The Balaban J connectivity index is 2.57. The maximum Gasteiger partial charge on any atom is 0.0898 e. The highest BCUT2D eigenvalue weighted by atomic mass is 32.1. The van der Waals surface area contributed by atoms with E-state index >= 15 is 0 Å². The molecule has 0 aliphatic rings. The van der Waals surface area contributed by atoms with E-state index in [-0.39, 0.29) is 6.04 Å². The van der Waals surface area contributed by atoms with Gasteiger partial charge >= 0.3 is 0 Å². The van der Waals surface area contributed by atoms with E-state index < -0.39 is 0 Å². The normalized spacial score (nSPS) is 13.1. The minimum Gasteiger partial charge on any atom is -0.383 e. The van der Waals surface area contributed by atoms with Crippen molar-refractivity contribution in [3.8, 4) is 0 Å². The Bertz CT molecular complexity index is 262. The Labute approximate surface area is 89.5 Å². The van der Waals surface area contributed by atoms with Crippen LogP contribution in [-0.4, -0.2) is 25.2 Å². The van der Waals surface area contributed by atoms with Gasteiger partial charge in [-0.25, -0.2) is 4.98 Å². The van der Waals surface area contributed by atoms with Gasteiger partial charge in [-0.05, 0) is 19.9 Å². The van der Waals surface area contributed by atoms with Gasteiger partial charge < -0.3 is 10.1 Å². The Hall–Kier alpha value is -0.450. The SMILES string of the molecule is CCCNC(COC)c1csc(C)n1. The van der Waals surface area contributed by atoms with E-state index in [1.165, 1.54) is 0 Å². The van der Waals surface area contributed by atoms with E-state index in [4.69, 9.17) is 4.74 Å². The minimum absolute atomic E-state index is 0.241. The summed E-state index contributed by atoms with van der Waals surface area (Å²) >= 11 is 1.69. The van der Waals surface area contributed by atoms with Crippen molar-refractivity contribution >= 4 is 11.3 Å². The van der Waals surface area contributed by atoms with E-state index in [1.807, 2.05) is 6.92 Å². The topological polar surface area (TPSA) is 34.1 Å². The number of nitrogens with one attached hydrogen (secondary N) is 1. The number of ether oxygens (including phenoxy) is 1. The first kappa shape index (κ1) is 11.6. The van der Waals surface area contributed by atoms with Crippen molar-refractivity contribution in [2.24, 2.45) is 0 Å². The quantitative estimate of drug-likeness (QED) is 0.788. The van der Waals surface area contributed by atoms with E-state index in [2.05, 4.69) is 22.6 Å². The van der Waals surface area contributed by atoms with E-state index in [1.54, 1.807) is 18.4 Å². The average molecular weight is 214 g/mol. The van der Waals surface area contributed by atoms with Crippen LogP contribution in [0.3, 0.4) is 0 Å². The third-order valence-corrected chi connectivity index (χ3v) is 2.76. The second-order valence-electron chi connectivity index (χ2n) is 3.25. The molecule has 80 valence electrons. The van der Waals surface area contributed by atoms with Gasteiger partial charge in [0.15, 0.2) is 0 Å². The first-order valence-electron chi connectivity index (χ1n) is 4.92. The molecule has 1 N–H and O–H groups in total. The zero-order chi connectivity index (χ0) is 10.4.